The van der Waals surface area contributed by atoms with Crippen LogP contribution in [0, 0.1) is 0 Å². The number of nitrogens with zero attached hydrogens (tertiary/aromatic N) is 1. The molecule has 0 aliphatic rings. The Bertz CT molecular complexity index is 844. The van der Waals surface area contributed by atoms with Crippen LogP contribution in [0.25, 0.3) is 0 Å². The maximum absolute atomic E-state index is 12.5. The van der Waals surface area contributed by atoms with Gasteiger partial charge in [-0.25, -0.2) is 8.42 Å². The maximum Gasteiger partial charge on any atom is 0.251 e. The molecule has 0 unspecified atom stereocenters. The van der Waals surface area contributed by atoms with Crippen LogP contribution < -0.4 is 9.62 Å². The highest BCUT2D eigenvalue weighted by molar-refractivity contribution is 7.92. The minimum absolute atomic E-state index is 0.115. The Morgan fingerprint density at radius 3 is 2.08 bits per heavy atom. The largest absolute Gasteiger partial charge is 0.346 e. The molecular weight excluding hydrogens is 348 g/mol. The molecule has 6 heteroatoms. The van der Waals surface area contributed by atoms with E-state index in [1.54, 1.807) is 31.2 Å². The summed E-state index contributed by atoms with van der Waals surface area (Å²) in [4.78, 5) is 12.5. The van der Waals surface area contributed by atoms with Crippen molar-refractivity contribution in [3.05, 3.63) is 65.2 Å². The zero-order valence-corrected chi connectivity index (χ0v) is 16.5. The molecule has 2 aromatic carbocycles. The molecule has 2 aromatic rings. The van der Waals surface area contributed by atoms with Gasteiger partial charge in [-0.1, -0.05) is 31.2 Å². The summed E-state index contributed by atoms with van der Waals surface area (Å²) < 4.78 is 24.9. The summed E-state index contributed by atoms with van der Waals surface area (Å²) in [5.41, 5.74) is 3.35. The average molecular weight is 375 g/mol. The lowest BCUT2D eigenvalue weighted by Crippen LogP contribution is -2.29. The second-order valence-corrected chi connectivity index (χ2v) is 8.17. The van der Waals surface area contributed by atoms with E-state index in [0.29, 0.717) is 17.8 Å². The highest BCUT2D eigenvalue weighted by Gasteiger charge is 2.16. The highest BCUT2D eigenvalue weighted by atomic mass is 32.2. The Kier molecular flexibility index (Phi) is 6.42. The number of nitrogens with one attached hydrogen (secondary N) is 1. The smallest absolute Gasteiger partial charge is 0.251 e. The van der Waals surface area contributed by atoms with Crippen molar-refractivity contribution in [2.75, 3.05) is 17.1 Å². The molecule has 0 aliphatic carbocycles. The van der Waals surface area contributed by atoms with Crippen LogP contribution in [0.3, 0.4) is 0 Å². The molecule has 0 aromatic heterocycles. The van der Waals surface area contributed by atoms with E-state index in [4.69, 9.17) is 0 Å². The first-order valence-electron chi connectivity index (χ1n) is 8.73. The molecular formula is C20H26N2O3S. The van der Waals surface area contributed by atoms with Gasteiger partial charge in [0.25, 0.3) is 5.91 Å². The number of aryl methyl sites for hydroxylation is 1. The second-order valence-electron chi connectivity index (χ2n) is 6.26. The van der Waals surface area contributed by atoms with E-state index in [0.717, 1.165) is 12.0 Å². The average Bonchev–Trinajstić information content (AvgIpc) is 2.61. The predicted molar refractivity (Wildman–Crippen MR) is 106 cm³/mol. The third-order valence-corrected chi connectivity index (χ3v) is 5.61. The van der Waals surface area contributed by atoms with Gasteiger partial charge in [0.1, 0.15) is 0 Å². The highest BCUT2D eigenvalue weighted by Crippen LogP contribution is 2.19. The first-order chi connectivity index (χ1) is 12.3. The lowest BCUT2D eigenvalue weighted by molar-refractivity contribution is 0.0940. The van der Waals surface area contributed by atoms with Gasteiger partial charge >= 0.3 is 0 Å². The Balaban J connectivity index is 2.09. The molecule has 0 saturated heterocycles. The summed E-state index contributed by atoms with van der Waals surface area (Å²) in [6.07, 6.45) is 2.15. The van der Waals surface area contributed by atoms with E-state index in [1.807, 2.05) is 19.1 Å². The topological polar surface area (TPSA) is 66.5 Å². The molecule has 26 heavy (non-hydrogen) atoms. The summed E-state index contributed by atoms with van der Waals surface area (Å²) in [6.45, 7) is 6.16. The zero-order chi connectivity index (χ0) is 19.3. The number of hydrogen-bond acceptors (Lipinski definition) is 3. The van der Waals surface area contributed by atoms with Crippen molar-refractivity contribution in [1.82, 2.24) is 5.32 Å². The number of benzene rings is 2. The fraction of sp³-hybridized carbons (Fsp3) is 0.350. The minimum Gasteiger partial charge on any atom is -0.346 e. The first-order valence-corrected chi connectivity index (χ1v) is 10.6. The van der Waals surface area contributed by atoms with Crippen LogP contribution >= 0.6 is 0 Å². The molecule has 0 radical (unpaired) electrons. The summed E-state index contributed by atoms with van der Waals surface area (Å²) in [5, 5.41) is 2.97. The van der Waals surface area contributed by atoms with Gasteiger partial charge in [-0.3, -0.25) is 9.10 Å². The van der Waals surface area contributed by atoms with E-state index < -0.39 is 10.0 Å². The number of amides is 1. The molecule has 0 saturated carbocycles. The Hall–Kier alpha value is -2.34. The van der Waals surface area contributed by atoms with Crippen molar-refractivity contribution in [1.29, 1.82) is 0 Å². The van der Waals surface area contributed by atoms with Crippen LogP contribution in [0.4, 0.5) is 5.69 Å². The summed E-state index contributed by atoms with van der Waals surface area (Å²) in [7, 11) is -3.33. The SMILES string of the molecule is CCc1ccc([C@@H](C)NC(=O)c2ccc(N(CC)S(C)(=O)=O)cc2)cc1. The molecule has 0 bridgehead atoms. The van der Waals surface area contributed by atoms with Crippen molar-refractivity contribution >= 4 is 21.6 Å². The van der Waals surface area contributed by atoms with Crippen molar-refractivity contribution < 1.29 is 13.2 Å². The van der Waals surface area contributed by atoms with Crippen LogP contribution in [0.1, 0.15) is 48.3 Å². The molecule has 0 spiro atoms. The number of sulfonamides is 1. The van der Waals surface area contributed by atoms with Gasteiger partial charge in [-0.15, -0.1) is 0 Å². The summed E-state index contributed by atoms with van der Waals surface area (Å²) in [6, 6.07) is 14.7. The molecule has 0 heterocycles. The second kappa shape index (κ2) is 8.36. The van der Waals surface area contributed by atoms with Crippen molar-refractivity contribution in [3.8, 4) is 0 Å². The third kappa shape index (κ3) is 4.85. The molecule has 1 amide bonds. The molecule has 1 atom stereocenters. The maximum atomic E-state index is 12.5. The van der Waals surface area contributed by atoms with Gasteiger partial charge in [-0.05, 0) is 55.7 Å². The first kappa shape index (κ1) is 20.0. The number of rotatable bonds is 7. The number of anilines is 1. The van der Waals surface area contributed by atoms with Gasteiger partial charge in [0.15, 0.2) is 0 Å². The molecule has 0 fully saturated rings. The van der Waals surface area contributed by atoms with Crippen molar-refractivity contribution in [3.63, 3.8) is 0 Å². The standard InChI is InChI=1S/C20H26N2O3S/c1-5-16-7-9-17(10-8-16)15(3)21-20(23)18-11-13-19(14-12-18)22(6-2)26(4,24)25/h7-15H,5-6H2,1-4H3,(H,21,23)/t15-/m1/s1. The molecule has 0 aliphatic heterocycles. The van der Waals surface area contributed by atoms with E-state index in [2.05, 4.69) is 24.4 Å². The fourth-order valence-electron chi connectivity index (χ4n) is 2.79. The van der Waals surface area contributed by atoms with Gasteiger partial charge in [0.05, 0.1) is 18.0 Å². The van der Waals surface area contributed by atoms with Crippen LogP contribution in [-0.4, -0.2) is 27.1 Å². The van der Waals surface area contributed by atoms with E-state index in [9.17, 15) is 13.2 Å². The monoisotopic (exact) mass is 374 g/mol. The molecule has 5 nitrogen and oxygen atoms in total. The lowest BCUT2D eigenvalue weighted by atomic mass is 10.0. The van der Waals surface area contributed by atoms with Crippen LogP contribution in [0.2, 0.25) is 0 Å². The quantitative estimate of drug-likeness (QED) is 0.806. The van der Waals surface area contributed by atoms with Crippen LogP contribution in [-0.2, 0) is 16.4 Å². The molecule has 140 valence electrons. The van der Waals surface area contributed by atoms with Gasteiger partial charge < -0.3 is 5.32 Å². The van der Waals surface area contributed by atoms with E-state index in [-0.39, 0.29) is 11.9 Å². The van der Waals surface area contributed by atoms with Crippen LogP contribution in [0.5, 0.6) is 0 Å². The van der Waals surface area contributed by atoms with Crippen LogP contribution in [0.15, 0.2) is 48.5 Å². The van der Waals surface area contributed by atoms with E-state index in [1.165, 1.54) is 16.1 Å². The molecule has 1 N–H and O–H groups in total. The number of carbonyl (C=O) groups is 1. The summed E-state index contributed by atoms with van der Waals surface area (Å²) >= 11 is 0. The summed E-state index contributed by atoms with van der Waals surface area (Å²) in [5.74, 6) is -0.189. The Morgan fingerprint density at radius 2 is 1.62 bits per heavy atom. The third-order valence-electron chi connectivity index (χ3n) is 4.34. The fourth-order valence-corrected chi connectivity index (χ4v) is 3.77. The number of hydrogen-bond donors (Lipinski definition) is 1. The van der Waals surface area contributed by atoms with Crippen molar-refractivity contribution in [2.45, 2.75) is 33.2 Å². The van der Waals surface area contributed by atoms with Gasteiger partial charge in [0, 0.05) is 12.1 Å². The Labute approximate surface area is 156 Å². The number of carbonyl (C=O) groups excluding carboxylic acids is 1. The molecule has 2 rings (SSSR count). The normalized spacial score (nSPS) is 12.5. The van der Waals surface area contributed by atoms with Gasteiger partial charge in [-0.2, -0.15) is 0 Å². The Morgan fingerprint density at radius 1 is 1.04 bits per heavy atom. The zero-order valence-electron chi connectivity index (χ0n) is 15.7. The van der Waals surface area contributed by atoms with E-state index >= 15 is 0 Å². The lowest BCUT2D eigenvalue weighted by Gasteiger charge is -2.20. The van der Waals surface area contributed by atoms with Gasteiger partial charge in [0.2, 0.25) is 10.0 Å². The predicted octanol–water partition coefficient (Wildman–Crippen LogP) is 3.53. The minimum atomic E-state index is -3.33. The van der Waals surface area contributed by atoms with Crippen molar-refractivity contribution in [2.24, 2.45) is 0 Å².